The Kier molecular flexibility index (Phi) is 5.89. The molecule has 1 fully saturated rings. The molecule has 0 saturated carbocycles. The van der Waals surface area contributed by atoms with Crippen molar-refractivity contribution in [2.45, 2.75) is 32.4 Å². The van der Waals surface area contributed by atoms with Gasteiger partial charge < -0.3 is 5.32 Å². The lowest BCUT2D eigenvalue weighted by molar-refractivity contribution is 0.191. The molecule has 96 valence electrons. The van der Waals surface area contributed by atoms with E-state index in [0.717, 1.165) is 31.4 Å². The van der Waals surface area contributed by atoms with Crippen molar-refractivity contribution in [3.05, 3.63) is 29.6 Å². The van der Waals surface area contributed by atoms with E-state index >= 15 is 0 Å². The molecule has 0 amide bonds. The predicted octanol–water partition coefficient (Wildman–Crippen LogP) is 2.00. The van der Waals surface area contributed by atoms with E-state index in [0.29, 0.717) is 0 Å². The predicted molar refractivity (Wildman–Crippen MR) is 73.6 cm³/mol. The summed E-state index contributed by atoms with van der Waals surface area (Å²) in [6.07, 6.45) is 4.38. The van der Waals surface area contributed by atoms with Crippen LogP contribution in [0, 0.1) is 6.92 Å². The molecule has 0 aromatic carbocycles. The minimum atomic E-state index is 0. The number of rotatable bonds is 3. The Hall–Kier alpha value is -0.640. The Morgan fingerprint density at radius 3 is 2.76 bits per heavy atom. The standard InChI is InChI=1S/C13H21N3.ClH/c1-11-12(4-3-7-15-11)10-16(2)13-5-8-14-9-6-13;/h3-4,7,13-14H,5-6,8-10H2,1-2H3;1H. The fraction of sp³-hybridized carbons (Fsp3) is 0.615. The van der Waals surface area contributed by atoms with Crippen LogP contribution >= 0.6 is 12.4 Å². The van der Waals surface area contributed by atoms with Gasteiger partial charge in [0.1, 0.15) is 0 Å². The van der Waals surface area contributed by atoms with Crippen molar-refractivity contribution < 1.29 is 0 Å². The number of nitrogens with one attached hydrogen (secondary N) is 1. The van der Waals surface area contributed by atoms with Crippen LogP contribution in [0.15, 0.2) is 18.3 Å². The first-order valence-corrected chi connectivity index (χ1v) is 6.09. The summed E-state index contributed by atoms with van der Waals surface area (Å²) in [5, 5.41) is 3.41. The van der Waals surface area contributed by atoms with E-state index in [1.165, 1.54) is 18.4 Å². The molecule has 17 heavy (non-hydrogen) atoms. The molecule has 1 aliphatic rings. The maximum absolute atomic E-state index is 4.34. The molecule has 1 aliphatic heterocycles. The first-order chi connectivity index (χ1) is 7.77. The van der Waals surface area contributed by atoms with Crippen molar-refractivity contribution in [2.24, 2.45) is 0 Å². The van der Waals surface area contributed by atoms with Crippen molar-refractivity contribution in [3.63, 3.8) is 0 Å². The summed E-state index contributed by atoms with van der Waals surface area (Å²) < 4.78 is 0. The van der Waals surface area contributed by atoms with Gasteiger partial charge in [-0.05, 0) is 51.5 Å². The van der Waals surface area contributed by atoms with Crippen LogP contribution in [0.3, 0.4) is 0 Å². The van der Waals surface area contributed by atoms with Crippen molar-refractivity contribution in [1.29, 1.82) is 0 Å². The molecule has 4 heteroatoms. The zero-order chi connectivity index (χ0) is 11.4. The summed E-state index contributed by atoms with van der Waals surface area (Å²) in [4.78, 5) is 6.80. The van der Waals surface area contributed by atoms with Crippen molar-refractivity contribution in [1.82, 2.24) is 15.2 Å². The van der Waals surface area contributed by atoms with Gasteiger partial charge in [-0.25, -0.2) is 0 Å². The highest BCUT2D eigenvalue weighted by atomic mass is 35.5. The molecule has 3 nitrogen and oxygen atoms in total. The zero-order valence-electron chi connectivity index (χ0n) is 10.6. The van der Waals surface area contributed by atoms with Gasteiger partial charge >= 0.3 is 0 Å². The fourth-order valence-corrected chi connectivity index (χ4v) is 2.33. The molecule has 0 spiro atoms. The lowest BCUT2D eigenvalue weighted by Crippen LogP contribution is -2.40. The Balaban J connectivity index is 0.00000144. The number of pyridine rings is 1. The number of nitrogens with zero attached hydrogens (tertiary/aromatic N) is 2. The second-order valence-electron chi connectivity index (χ2n) is 4.64. The number of halogens is 1. The molecule has 0 bridgehead atoms. The lowest BCUT2D eigenvalue weighted by Gasteiger charge is -2.31. The second-order valence-corrected chi connectivity index (χ2v) is 4.64. The first-order valence-electron chi connectivity index (χ1n) is 6.09. The Morgan fingerprint density at radius 2 is 2.12 bits per heavy atom. The van der Waals surface area contributed by atoms with E-state index in [1.807, 2.05) is 12.3 Å². The van der Waals surface area contributed by atoms with Crippen molar-refractivity contribution in [3.8, 4) is 0 Å². The van der Waals surface area contributed by atoms with Crippen LogP contribution in [0.5, 0.6) is 0 Å². The lowest BCUT2D eigenvalue weighted by atomic mass is 10.0. The third-order valence-corrected chi connectivity index (χ3v) is 3.47. The first kappa shape index (κ1) is 14.4. The molecule has 2 heterocycles. The van der Waals surface area contributed by atoms with Crippen LogP contribution < -0.4 is 5.32 Å². The highest BCUT2D eigenvalue weighted by Gasteiger charge is 2.18. The number of aromatic nitrogens is 1. The zero-order valence-corrected chi connectivity index (χ0v) is 11.5. The summed E-state index contributed by atoms with van der Waals surface area (Å²) in [6.45, 7) is 5.41. The summed E-state index contributed by atoms with van der Waals surface area (Å²) in [7, 11) is 2.22. The number of hydrogen-bond acceptors (Lipinski definition) is 3. The average molecular weight is 256 g/mol. The minimum Gasteiger partial charge on any atom is -0.317 e. The highest BCUT2D eigenvalue weighted by Crippen LogP contribution is 2.14. The monoisotopic (exact) mass is 255 g/mol. The van der Waals surface area contributed by atoms with Crippen molar-refractivity contribution in [2.75, 3.05) is 20.1 Å². The molecule has 1 aromatic heterocycles. The van der Waals surface area contributed by atoms with Crippen LogP contribution in [0.25, 0.3) is 0 Å². The molecule has 0 atom stereocenters. The van der Waals surface area contributed by atoms with E-state index in [-0.39, 0.29) is 12.4 Å². The van der Waals surface area contributed by atoms with Gasteiger partial charge in [0, 0.05) is 24.5 Å². The Morgan fingerprint density at radius 1 is 1.41 bits per heavy atom. The third kappa shape index (κ3) is 3.95. The van der Waals surface area contributed by atoms with Gasteiger partial charge in [0.05, 0.1) is 0 Å². The quantitative estimate of drug-likeness (QED) is 0.896. The van der Waals surface area contributed by atoms with E-state index in [4.69, 9.17) is 0 Å². The summed E-state index contributed by atoms with van der Waals surface area (Å²) >= 11 is 0. The van der Waals surface area contributed by atoms with Crippen molar-refractivity contribution >= 4 is 12.4 Å². The van der Waals surface area contributed by atoms with Crippen LogP contribution in [0.1, 0.15) is 24.1 Å². The van der Waals surface area contributed by atoms with Gasteiger partial charge in [-0.15, -0.1) is 12.4 Å². The topological polar surface area (TPSA) is 28.2 Å². The maximum atomic E-state index is 4.34. The molecule has 1 aromatic rings. The van der Waals surface area contributed by atoms with Crippen LogP contribution in [0.4, 0.5) is 0 Å². The molecule has 1 N–H and O–H groups in total. The van der Waals surface area contributed by atoms with Gasteiger partial charge in [-0.2, -0.15) is 0 Å². The molecule has 0 aliphatic carbocycles. The van der Waals surface area contributed by atoms with E-state index < -0.39 is 0 Å². The molecule has 1 saturated heterocycles. The largest absolute Gasteiger partial charge is 0.317 e. The van der Waals surface area contributed by atoms with Gasteiger partial charge in [-0.1, -0.05) is 6.07 Å². The van der Waals surface area contributed by atoms with Gasteiger partial charge in [-0.3, -0.25) is 9.88 Å². The number of hydrogen-bond donors (Lipinski definition) is 1. The van der Waals surface area contributed by atoms with E-state index in [2.05, 4.69) is 35.2 Å². The SMILES string of the molecule is Cc1ncccc1CN(C)C1CCNCC1.Cl. The van der Waals surface area contributed by atoms with Crippen LogP contribution in [0.2, 0.25) is 0 Å². The number of aryl methyl sites for hydroxylation is 1. The Bertz CT molecular complexity index is 337. The minimum absolute atomic E-state index is 0. The van der Waals surface area contributed by atoms with Crippen LogP contribution in [-0.2, 0) is 6.54 Å². The molecule has 0 radical (unpaired) electrons. The smallest absolute Gasteiger partial charge is 0.0417 e. The Labute approximate surface area is 110 Å². The van der Waals surface area contributed by atoms with Crippen LogP contribution in [-0.4, -0.2) is 36.1 Å². The normalized spacial score (nSPS) is 16.9. The highest BCUT2D eigenvalue weighted by molar-refractivity contribution is 5.85. The maximum Gasteiger partial charge on any atom is 0.0417 e. The summed E-state index contributed by atoms with van der Waals surface area (Å²) in [6, 6.07) is 4.93. The number of piperidine rings is 1. The van der Waals surface area contributed by atoms with E-state index in [1.54, 1.807) is 0 Å². The molecular formula is C13H22ClN3. The summed E-state index contributed by atoms with van der Waals surface area (Å²) in [5.41, 5.74) is 2.51. The molecule has 0 unspecified atom stereocenters. The second kappa shape index (κ2) is 6.94. The third-order valence-electron chi connectivity index (χ3n) is 3.47. The molecule has 2 rings (SSSR count). The fourth-order valence-electron chi connectivity index (χ4n) is 2.33. The van der Waals surface area contributed by atoms with Gasteiger partial charge in [0.15, 0.2) is 0 Å². The van der Waals surface area contributed by atoms with Gasteiger partial charge in [0.2, 0.25) is 0 Å². The average Bonchev–Trinajstić information content (AvgIpc) is 2.33. The van der Waals surface area contributed by atoms with Gasteiger partial charge in [0.25, 0.3) is 0 Å². The molecular weight excluding hydrogens is 234 g/mol. The summed E-state index contributed by atoms with van der Waals surface area (Å²) in [5.74, 6) is 0. The van der Waals surface area contributed by atoms with E-state index in [9.17, 15) is 0 Å².